The molecule has 1 heterocycles. The molecule has 0 aliphatic rings. The summed E-state index contributed by atoms with van der Waals surface area (Å²) in [5, 5.41) is 23.2. The summed E-state index contributed by atoms with van der Waals surface area (Å²) in [5.41, 5.74) is 0.665. The number of nitrogens with one attached hydrogen (secondary N) is 1. The molecule has 0 saturated heterocycles. The molecule has 1 aromatic rings. The van der Waals surface area contributed by atoms with Gasteiger partial charge in [-0.2, -0.15) is 10.4 Å². The van der Waals surface area contributed by atoms with Crippen molar-refractivity contribution in [1.82, 2.24) is 10.2 Å². The normalized spacial score (nSPS) is 12.0. The second kappa shape index (κ2) is 3.72. The Morgan fingerprint density at radius 3 is 3.08 bits per heavy atom. The van der Waals surface area contributed by atoms with Gasteiger partial charge in [0.2, 0.25) is 0 Å². The van der Waals surface area contributed by atoms with E-state index in [1.807, 2.05) is 13.0 Å². The Morgan fingerprint density at radius 1 is 1.92 bits per heavy atom. The van der Waals surface area contributed by atoms with Gasteiger partial charge >= 0.3 is 5.97 Å². The number of nitrogens with zero attached hydrogens (tertiary/aromatic N) is 2. The zero-order valence-electron chi connectivity index (χ0n) is 7.11. The molecule has 0 bridgehead atoms. The van der Waals surface area contributed by atoms with Crippen molar-refractivity contribution in [3.8, 4) is 6.07 Å². The lowest BCUT2D eigenvalue weighted by molar-refractivity contribution is 0.0690. The van der Waals surface area contributed by atoms with Crippen LogP contribution in [0.3, 0.4) is 0 Å². The number of carboxylic acid groups (broad SMARTS) is 1. The van der Waals surface area contributed by atoms with Gasteiger partial charge in [-0.05, 0) is 6.07 Å². The van der Waals surface area contributed by atoms with Gasteiger partial charge < -0.3 is 5.11 Å². The van der Waals surface area contributed by atoms with E-state index in [1.165, 1.54) is 6.07 Å². The molecule has 5 heteroatoms. The van der Waals surface area contributed by atoms with Crippen LogP contribution in [0.25, 0.3) is 0 Å². The highest BCUT2D eigenvalue weighted by molar-refractivity contribution is 5.85. The quantitative estimate of drug-likeness (QED) is 0.727. The van der Waals surface area contributed by atoms with Crippen molar-refractivity contribution in [3.63, 3.8) is 0 Å². The van der Waals surface area contributed by atoms with Crippen LogP contribution in [0.4, 0.5) is 0 Å². The second-order valence-electron chi connectivity index (χ2n) is 2.78. The summed E-state index contributed by atoms with van der Waals surface area (Å²) in [5.74, 6) is -1.07. The Balaban J connectivity index is 2.80. The lowest BCUT2D eigenvalue weighted by Gasteiger charge is -2.00. The number of carboxylic acids is 1. The summed E-state index contributed by atoms with van der Waals surface area (Å²) >= 11 is 0. The predicted octanol–water partition coefficient (Wildman–Crippen LogP) is 1.13. The summed E-state index contributed by atoms with van der Waals surface area (Å²) in [6.07, 6.45) is 0.348. The van der Waals surface area contributed by atoms with E-state index in [1.54, 1.807) is 0 Å². The van der Waals surface area contributed by atoms with Gasteiger partial charge in [-0.15, -0.1) is 0 Å². The monoisotopic (exact) mass is 179 g/mol. The van der Waals surface area contributed by atoms with E-state index in [4.69, 9.17) is 10.4 Å². The lowest BCUT2D eigenvalue weighted by Crippen LogP contribution is -1.95. The van der Waals surface area contributed by atoms with Crippen molar-refractivity contribution < 1.29 is 9.90 Å². The number of hydrogen-bond acceptors (Lipinski definition) is 3. The maximum atomic E-state index is 10.4. The third kappa shape index (κ3) is 2.06. The molecule has 0 amide bonds. The molecule has 1 unspecified atom stereocenters. The van der Waals surface area contributed by atoms with Crippen LogP contribution in [0.1, 0.15) is 35.4 Å². The molecule has 2 N–H and O–H groups in total. The summed E-state index contributed by atoms with van der Waals surface area (Å²) in [6.45, 7) is 1.84. The van der Waals surface area contributed by atoms with Gasteiger partial charge in [0.25, 0.3) is 0 Å². The van der Waals surface area contributed by atoms with Crippen LogP contribution in [-0.4, -0.2) is 21.3 Å². The highest BCUT2D eigenvalue weighted by atomic mass is 16.4. The van der Waals surface area contributed by atoms with Crippen molar-refractivity contribution in [2.45, 2.75) is 19.3 Å². The summed E-state index contributed by atoms with van der Waals surface area (Å²) in [4.78, 5) is 10.4. The molecule has 0 aliphatic carbocycles. The van der Waals surface area contributed by atoms with Crippen LogP contribution in [0.5, 0.6) is 0 Å². The van der Waals surface area contributed by atoms with Gasteiger partial charge in [0.05, 0.1) is 6.07 Å². The first-order valence-electron chi connectivity index (χ1n) is 3.80. The van der Waals surface area contributed by atoms with Crippen molar-refractivity contribution in [3.05, 3.63) is 17.5 Å². The van der Waals surface area contributed by atoms with Crippen LogP contribution >= 0.6 is 0 Å². The van der Waals surface area contributed by atoms with Crippen molar-refractivity contribution in [2.75, 3.05) is 0 Å². The van der Waals surface area contributed by atoms with Crippen LogP contribution in [0.15, 0.2) is 6.07 Å². The molecule has 1 aromatic heterocycles. The number of aromatic carboxylic acids is 1. The Hall–Kier alpha value is -1.83. The molecule has 1 rings (SSSR count). The molecule has 68 valence electrons. The minimum Gasteiger partial charge on any atom is -0.476 e. The minimum atomic E-state index is -1.06. The average Bonchev–Trinajstić information content (AvgIpc) is 2.52. The number of H-pyrrole nitrogens is 1. The number of carbonyl (C=O) groups is 1. The van der Waals surface area contributed by atoms with Crippen LogP contribution in [0, 0.1) is 11.3 Å². The maximum absolute atomic E-state index is 10.4. The highest BCUT2D eigenvalue weighted by Gasteiger charge is 2.12. The maximum Gasteiger partial charge on any atom is 0.356 e. The van der Waals surface area contributed by atoms with Gasteiger partial charge in [0.1, 0.15) is 0 Å². The summed E-state index contributed by atoms with van der Waals surface area (Å²) in [7, 11) is 0. The molecule has 0 radical (unpaired) electrons. The summed E-state index contributed by atoms with van der Waals surface area (Å²) in [6, 6.07) is 3.46. The molecule has 0 saturated carbocycles. The third-order valence-corrected chi connectivity index (χ3v) is 1.75. The molecule has 0 fully saturated rings. The Labute approximate surface area is 75.0 Å². The molecule has 13 heavy (non-hydrogen) atoms. The van der Waals surface area contributed by atoms with Crippen LogP contribution in [-0.2, 0) is 0 Å². The van der Waals surface area contributed by atoms with Gasteiger partial charge in [0.15, 0.2) is 5.69 Å². The topological polar surface area (TPSA) is 89.8 Å². The van der Waals surface area contributed by atoms with Crippen molar-refractivity contribution in [1.29, 1.82) is 5.26 Å². The fourth-order valence-electron chi connectivity index (χ4n) is 0.946. The van der Waals surface area contributed by atoms with E-state index < -0.39 is 5.97 Å². The Morgan fingerprint density at radius 2 is 2.62 bits per heavy atom. The first kappa shape index (κ1) is 9.26. The zero-order valence-corrected chi connectivity index (χ0v) is 7.11. The van der Waals surface area contributed by atoms with E-state index >= 15 is 0 Å². The van der Waals surface area contributed by atoms with Crippen LogP contribution in [0.2, 0.25) is 0 Å². The van der Waals surface area contributed by atoms with Gasteiger partial charge in [-0.25, -0.2) is 4.79 Å². The number of aromatic amines is 1. The molecular formula is C8H9N3O2. The van der Waals surface area contributed by atoms with Gasteiger partial charge in [0, 0.05) is 18.0 Å². The average molecular weight is 179 g/mol. The molecule has 0 aromatic carbocycles. The second-order valence-corrected chi connectivity index (χ2v) is 2.78. The Kier molecular flexibility index (Phi) is 2.65. The lowest BCUT2D eigenvalue weighted by atomic mass is 10.1. The minimum absolute atomic E-state index is 0.00870. The molecule has 1 atom stereocenters. The van der Waals surface area contributed by atoms with Crippen molar-refractivity contribution >= 4 is 5.97 Å². The molecule has 0 spiro atoms. The van der Waals surface area contributed by atoms with E-state index in [0.29, 0.717) is 12.1 Å². The SMILES string of the molecule is CC(CC#N)c1cc(C(=O)O)n[nH]1. The smallest absolute Gasteiger partial charge is 0.356 e. The van der Waals surface area contributed by atoms with E-state index in [2.05, 4.69) is 10.2 Å². The van der Waals surface area contributed by atoms with Crippen molar-refractivity contribution in [2.24, 2.45) is 0 Å². The molecule has 0 aliphatic heterocycles. The number of hydrogen-bond donors (Lipinski definition) is 2. The third-order valence-electron chi connectivity index (χ3n) is 1.75. The molecular weight excluding hydrogens is 170 g/mol. The fourth-order valence-corrected chi connectivity index (χ4v) is 0.946. The highest BCUT2D eigenvalue weighted by Crippen LogP contribution is 2.16. The first-order chi connectivity index (χ1) is 6.15. The first-order valence-corrected chi connectivity index (χ1v) is 3.80. The molecule has 5 nitrogen and oxygen atoms in total. The zero-order chi connectivity index (χ0) is 9.84. The van der Waals surface area contributed by atoms with Crippen LogP contribution < -0.4 is 0 Å². The van der Waals surface area contributed by atoms with Gasteiger partial charge in [-0.1, -0.05) is 6.92 Å². The Bertz CT molecular complexity index is 351. The standard InChI is InChI=1S/C8H9N3O2/c1-5(2-3-9)6-4-7(8(12)13)11-10-6/h4-5H,2H2,1H3,(H,10,11)(H,12,13). The largest absolute Gasteiger partial charge is 0.476 e. The van der Waals surface area contributed by atoms with E-state index in [0.717, 1.165) is 0 Å². The fraction of sp³-hybridized carbons (Fsp3) is 0.375. The number of aromatic nitrogens is 2. The predicted molar refractivity (Wildman–Crippen MR) is 44.2 cm³/mol. The number of nitriles is 1. The van der Waals surface area contributed by atoms with Gasteiger partial charge in [-0.3, -0.25) is 5.10 Å². The van der Waals surface area contributed by atoms with E-state index in [-0.39, 0.29) is 11.6 Å². The van der Waals surface area contributed by atoms with E-state index in [9.17, 15) is 4.79 Å². The number of rotatable bonds is 3. The summed E-state index contributed by atoms with van der Waals surface area (Å²) < 4.78 is 0.